The topological polar surface area (TPSA) is 141 Å². The maximum absolute atomic E-state index is 14.9. The summed E-state index contributed by atoms with van der Waals surface area (Å²) in [5.74, 6) is -1.21. The average Bonchev–Trinajstić information content (AvgIpc) is 3.12. The Kier molecular flexibility index (Phi) is 7.22. The Hall–Kier alpha value is -2.39. The number of thiazole rings is 1. The lowest BCUT2D eigenvalue weighted by Crippen LogP contribution is -2.19. The Balaban J connectivity index is 2.54. The number of nitrogens with zero attached hydrogens (tertiary/aromatic N) is 3. The maximum atomic E-state index is 14.9. The molecule has 0 fully saturated rings. The van der Waals surface area contributed by atoms with Gasteiger partial charge in [-0.25, -0.2) is 23.5 Å². The van der Waals surface area contributed by atoms with Crippen LogP contribution in [0.1, 0.15) is 75.1 Å². The molecule has 31 heavy (non-hydrogen) atoms. The predicted molar refractivity (Wildman–Crippen MR) is 119 cm³/mol. The highest BCUT2D eigenvalue weighted by Crippen LogP contribution is 2.36. The first kappa shape index (κ1) is 24.9. The molecule has 0 aliphatic carbocycles. The molecule has 1 heterocycles. The summed E-state index contributed by atoms with van der Waals surface area (Å²) < 4.78 is 31.4. The summed E-state index contributed by atoms with van der Waals surface area (Å²) in [6.45, 7) is 10.2. The third kappa shape index (κ3) is 5.46. The fourth-order valence-electron chi connectivity index (χ4n) is 2.89. The summed E-state index contributed by atoms with van der Waals surface area (Å²) in [5, 5.41) is 27.9. The zero-order valence-electron chi connectivity index (χ0n) is 18.2. The van der Waals surface area contributed by atoms with E-state index in [1.807, 2.05) is 19.9 Å². The van der Waals surface area contributed by atoms with Crippen LogP contribution in [0.15, 0.2) is 20.8 Å². The number of hydrogen-bond acceptors (Lipinski definition) is 6. The van der Waals surface area contributed by atoms with E-state index in [0.717, 1.165) is 11.3 Å². The van der Waals surface area contributed by atoms with Crippen LogP contribution in [0.3, 0.4) is 0 Å². The molecule has 2 amide bonds. The fraction of sp³-hybridized carbons (Fsp3) is 0.450. The van der Waals surface area contributed by atoms with E-state index in [9.17, 15) is 23.8 Å². The van der Waals surface area contributed by atoms with Gasteiger partial charge < -0.3 is 10.4 Å². The molecule has 0 aliphatic heterocycles. The monoisotopic (exact) mass is 467 g/mol. The number of rotatable bonds is 5. The molecule has 0 saturated carbocycles. The Morgan fingerprint density at radius 3 is 2.45 bits per heavy atom. The number of carbonyl (C=O) groups excluding carboxylic acids is 1. The van der Waals surface area contributed by atoms with Crippen molar-refractivity contribution in [1.29, 1.82) is 5.26 Å². The van der Waals surface area contributed by atoms with Gasteiger partial charge in [0.2, 0.25) is 0 Å². The molecule has 0 saturated heterocycles. The largest absolute Gasteiger partial charge is 0.383 e. The molecule has 1 aromatic heterocycles. The molecule has 0 unspecified atom stereocenters. The Labute approximate surface area is 185 Å². The van der Waals surface area contributed by atoms with Crippen LogP contribution in [0.5, 0.6) is 0 Å². The Morgan fingerprint density at radius 1 is 1.39 bits per heavy atom. The van der Waals surface area contributed by atoms with Gasteiger partial charge in [0.25, 0.3) is 0 Å². The molecule has 0 bridgehead atoms. The highest BCUT2D eigenvalue weighted by molar-refractivity contribution is 7.93. The van der Waals surface area contributed by atoms with Gasteiger partial charge in [0.15, 0.2) is 9.92 Å². The lowest BCUT2D eigenvalue weighted by atomic mass is 9.90. The molecule has 8 nitrogen and oxygen atoms in total. The van der Waals surface area contributed by atoms with Crippen LogP contribution in [0.4, 0.5) is 14.9 Å². The van der Waals surface area contributed by atoms with Gasteiger partial charge in [-0.3, -0.25) is 0 Å². The maximum Gasteiger partial charge on any atom is 0.354 e. The summed E-state index contributed by atoms with van der Waals surface area (Å²) in [6.07, 6.45) is 1.21. The van der Waals surface area contributed by atoms with Crippen molar-refractivity contribution in [3.8, 4) is 6.07 Å². The van der Waals surface area contributed by atoms with Crippen LogP contribution < -0.4 is 10.5 Å². The van der Waals surface area contributed by atoms with E-state index < -0.39 is 27.4 Å². The average molecular weight is 468 g/mol. The van der Waals surface area contributed by atoms with Crippen LogP contribution in [0.25, 0.3) is 0 Å². The lowest BCUT2D eigenvalue weighted by Gasteiger charge is -2.21. The standard InChI is InChI=1S/C20H26FN5O3S2/c1-10(2)13-7-12(8-22)16(21)15(11(3)4)17(13)25-19(27)26-31(23,29)14-9-24-18(30-14)20(5,6)28/h7,9-11,28H,1-6H3,(H3,23,25,26,27,29)/t31-/m1/s1. The highest BCUT2D eigenvalue weighted by atomic mass is 32.2. The number of halogens is 1. The number of benzene rings is 1. The Morgan fingerprint density at radius 2 is 2.00 bits per heavy atom. The summed E-state index contributed by atoms with van der Waals surface area (Å²) in [4.78, 5) is 16.6. The van der Waals surface area contributed by atoms with Crippen molar-refractivity contribution in [3.63, 3.8) is 0 Å². The quantitative estimate of drug-likeness (QED) is 0.591. The number of aromatic nitrogens is 1. The number of aliphatic hydroxyl groups is 1. The first-order valence-corrected chi connectivity index (χ1v) is 11.9. The molecule has 0 aliphatic rings. The minimum Gasteiger partial charge on any atom is -0.383 e. The summed E-state index contributed by atoms with van der Waals surface area (Å²) >= 11 is 0.887. The first-order chi connectivity index (χ1) is 14.2. The zero-order valence-corrected chi connectivity index (χ0v) is 19.8. The van der Waals surface area contributed by atoms with E-state index in [0.29, 0.717) is 5.56 Å². The molecule has 11 heteroatoms. The van der Waals surface area contributed by atoms with Crippen LogP contribution in [0.2, 0.25) is 0 Å². The second-order valence-electron chi connectivity index (χ2n) is 8.17. The third-order valence-corrected chi connectivity index (χ3v) is 7.59. The number of hydrogen-bond donors (Lipinski definition) is 3. The number of nitrogens with one attached hydrogen (secondary N) is 1. The van der Waals surface area contributed by atoms with Gasteiger partial charge >= 0.3 is 6.03 Å². The smallest absolute Gasteiger partial charge is 0.354 e. The third-order valence-electron chi connectivity index (χ3n) is 4.40. The lowest BCUT2D eigenvalue weighted by molar-refractivity contribution is 0.0783. The number of anilines is 1. The summed E-state index contributed by atoms with van der Waals surface area (Å²) in [7, 11) is -3.65. The number of amides is 2. The molecule has 2 rings (SSSR count). The molecule has 1 aromatic carbocycles. The number of nitriles is 1. The fourth-order valence-corrected chi connectivity index (χ4v) is 4.96. The minimum absolute atomic E-state index is 0.0268. The van der Waals surface area contributed by atoms with Crippen LogP contribution in [-0.2, 0) is 15.5 Å². The normalized spacial score (nSPS) is 13.7. The van der Waals surface area contributed by atoms with Crippen molar-refractivity contribution >= 4 is 33.0 Å². The van der Waals surface area contributed by atoms with Crippen molar-refractivity contribution in [1.82, 2.24) is 4.98 Å². The molecule has 168 valence electrons. The van der Waals surface area contributed by atoms with Crippen molar-refractivity contribution in [2.24, 2.45) is 9.50 Å². The van der Waals surface area contributed by atoms with E-state index in [-0.39, 0.29) is 37.9 Å². The second-order valence-corrected chi connectivity index (χ2v) is 11.2. The predicted octanol–water partition coefficient (Wildman–Crippen LogP) is 4.56. The first-order valence-electron chi connectivity index (χ1n) is 9.50. The summed E-state index contributed by atoms with van der Waals surface area (Å²) in [5.41, 5.74) is -0.479. The van der Waals surface area contributed by atoms with E-state index in [1.165, 1.54) is 26.1 Å². The van der Waals surface area contributed by atoms with Crippen molar-refractivity contribution in [2.75, 3.05) is 5.32 Å². The van der Waals surface area contributed by atoms with Crippen LogP contribution in [-0.4, -0.2) is 20.3 Å². The number of carbonyl (C=O) groups is 1. The van der Waals surface area contributed by atoms with Crippen molar-refractivity contribution in [2.45, 2.75) is 63.2 Å². The number of urea groups is 1. The van der Waals surface area contributed by atoms with Crippen LogP contribution >= 0.6 is 11.3 Å². The SMILES string of the molecule is CC(C)c1cc(C#N)c(F)c(C(C)C)c1NC(=O)N=[S@@](N)(=O)c1cnc(C(C)(C)O)s1. The molecule has 2 aromatic rings. The van der Waals surface area contributed by atoms with Crippen molar-refractivity contribution in [3.05, 3.63) is 39.8 Å². The van der Waals surface area contributed by atoms with Crippen molar-refractivity contribution < 1.29 is 18.5 Å². The Bertz CT molecular complexity index is 1170. The van der Waals surface area contributed by atoms with E-state index >= 15 is 0 Å². The molecule has 0 spiro atoms. The summed E-state index contributed by atoms with van der Waals surface area (Å²) in [6, 6.07) is 2.21. The zero-order chi connectivity index (χ0) is 23.7. The van der Waals surface area contributed by atoms with Gasteiger partial charge in [0.1, 0.15) is 26.7 Å². The molecule has 1 atom stereocenters. The van der Waals surface area contributed by atoms with Gasteiger partial charge in [-0.05, 0) is 37.3 Å². The van der Waals surface area contributed by atoms with E-state index in [4.69, 9.17) is 5.14 Å². The van der Waals surface area contributed by atoms with Gasteiger partial charge in [-0.15, -0.1) is 15.7 Å². The molecular weight excluding hydrogens is 441 g/mol. The minimum atomic E-state index is -3.65. The van der Waals surface area contributed by atoms with E-state index in [2.05, 4.69) is 14.7 Å². The molecule has 4 N–H and O–H groups in total. The van der Waals surface area contributed by atoms with Gasteiger partial charge in [-0.1, -0.05) is 27.7 Å². The van der Waals surface area contributed by atoms with E-state index in [1.54, 1.807) is 13.8 Å². The molecular formula is C20H26FN5O3S2. The van der Waals surface area contributed by atoms with Gasteiger partial charge in [0, 0.05) is 5.56 Å². The molecule has 0 radical (unpaired) electrons. The van der Waals surface area contributed by atoms with Crippen LogP contribution in [0, 0.1) is 17.1 Å². The van der Waals surface area contributed by atoms with Gasteiger partial charge in [0.05, 0.1) is 17.4 Å². The second kappa shape index (κ2) is 9.00. The highest BCUT2D eigenvalue weighted by Gasteiger charge is 2.25. The number of nitrogens with two attached hydrogens (primary N) is 1. The van der Waals surface area contributed by atoms with Gasteiger partial charge in [-0.2, -0.15) is 5.26 Å².